The highest BCUT2D eigenvalue weighted by Gasteiger charge is 2.20. The van der Waals surface area contributed by atoms with E-state index in [1.807, 2.05) is 20.8 Å². The Morgan fingerprint density at radius 2 is 1.95 bits per heavy atom. The second-order valence-electron chi connectivity index (χ2n) is 4.81. The molecule has 20 heavy (non-hydrogen) atoms. The van der Waals surface area contributed by atoms with Crippen LogP contribution in [0.15, 0.2) is 27.6 Å². The lowest BCUT2D eigenvalue weighted by Gasteiger charge is -2.26. The molecular weight excluding hydrogens is 344 g/mol. The van der Waals surface area contributed by atoms with Gasteiger partial charge in [-0.25, -0.2) is 13.6 Å². The molecule has 1 aromatic carbocycles. The van der Waals surface area contributed by atoms with Gasteiger partial charge in [0, 0.05) is 22.6 Å². The molecule has 0 aliphatic carbocycles. The van der Waals surface area contributed by atoms with Gasteiger partial charge >= 0.3 is 0 Å². The SMILES string of the molecule is CCCN(C(=O)c1cc(Br)cc(S(N)(=O)=O)c1)C(C)C. The molecule has 1 rings (SSSR count). The standard InChI is InChI=1S/C13H19BrN2O3S/c1-4-5-16(9(2)3)13(17)10-6-11(14)8-12(7-10)20(15,18)19/h6-9H,4-5H2,1-3H3,(H2,15,18,19). The van der Waals surface area contributed by atoms with Gasteiger partial charge in [-0.1, -0.05) is 22.9 Å². The maximum Gasteiger partial charge on any atom is 0.254 e. The van der Waals surface area contributed by atoms with E-state index >= 15 is 0 Å². The first-order valence-electron chi connectivity index (χ1n) is 6.31. The van der Waals surface area contributed by atoms with Crippen LogP contribution in [0, 0.1) is 0 Å². The van der Waals surface area contributed by atoms with Gasteiger partial charge in [0.25, 0.3) is 5.91 Å². The van der Waals surface area contributed by atoms with Crippen molar-refractivity contribution in [2.75, 3.05) is 6.54 Å². The first-order chi connectivity index (χ1) is 9.16. The third kappa shape index (κ3) is 4.29. The average Bonchev–Trinajstić information content (AvgIpc) is 2.33. The second kappa shape index (κ2) is 6.69. The number of primary sulfonamides is 1. The highest BCUT2D eigenvalue weighted by atomic mass is 79.9. The van der Waals surface area contributed by atoms with Crippen LogP contribution in [0.1, 0.15) is 37.6 Å². The van der Waals surface area contributed by atoms with Crippen LogP contribution in [0.5, 0.6) is 0 Å². The maximum atomic E-state index is 12.5. The van der Waals surface area contributed by atoms with E-state index in [0.29, 0.717) is 16.6 Å². The molecule has 0 aliphatic heterocycles. The molecule has 0 aliphatic rings. The van der Waals surface area contributed by atoms with Gasteiger partial charge in [-0.2, -0.15) is 0 Å². The molecular formula is C13H19BrN2O3S. The number of benzene rings is 1. The van der Waals surface area contributed by atoms with Crippen molar-refractivity contribution >= 4 is 31.9 Å². The number of carbonyl (C=O) groups excluding carboxylic acids is 1. The summed E-state index contributed by atoms with van der Waals surface area (Å²) in [6.45, 7) is 6.45. The number of rotatable bonds is 5. The van der Waals surface area contributed by atoms with Crippen LogP contribution in [0.2, 0.25) is 0 Å². The van der Waals surface area contributed by atoms with Gasteiger partial charge in [0.2, 0.25) is 10.0 Å². The minimum Gasteiger partial charge on any atom is -0.336 e. The summed E-state index contributed by atoms with van der Waals surface area (Å²) >= 11 is 3.21. The van der Waals surface area contributed by atoms with E-state index in [1.54, 1.807) is 11.0 Å². The molecule has 0 radical (unpaired) electrons. The molecule has 0 unspecified atom stereocenters. The van der Waals surface area contributed by atoms with E-state index in [-0.39, 0.29) is 16.8 Å². The van der Waals surface area contributed by atoms with Gasteiger partial charge in [-0.05, 0) is 38.5 Å². The van der Waals surface area contributed by atoms with Crippen molar-refractivity contribution in [3.63, 3.8) is 0 Å². The van der Waals surface area contributed by atoms with Crippen LogP contribution in [-0.2, 0) is 10.0 Å². The number of nitrogens with two attached hydrogens (primary N) is 1. The largest absolute Gasteiger partial charge is 0.336 e. The van der Waals surface area contributed by atoms with E-state index < -0.39 is 10.0 Å². The van der Waals surface area contributed by atoms with Crippen LogP contribution < -0.4 is 5.14 Å². The molecule has 1 aromatic rings. The van der Waals surface area contributed by atoms with Crippen molar-refractivity contribution in [3.05, 3.63) is 28.2 Å². The van der Waals surface area contributed by atoms with E-state index in [9.17, 15) is 13.2 Å². The highest BCUT2D eigenvalue weighted by Crippen LogP contribution is 2.20. The van der Waals surface area contributed by atoms with Gasteiger partial charge in [0.15, 0.2) is 0 Å². The van der Waals surface area contributed by atoms with E-state index in [4.69, 9.17) is 5.14 Å². The van der Waals surface area contributed by atoms with Crippen molar-refractivity contribution in [1.29, 1.82) is 0 Å². The molecule has 0 saturated carbocycles. The lowest BCUT2D eigenvalue weighted by Crippen LogP contribution is -2.37. The summed E-state index contributed by atoms with van der Waals surface area (Å²) in [7, 11) is -3.84. The lowest BCUT2D eigenvalue weighted by atomic mass is 10.1. The quantitative estimate of drug-likeness (QED) is 0.872. The number of carbonyl (C=O) groups is 1. The van der Waals surface area contributed by atoms with Crippen molar-refractivity contribution in [1.82, 2.24) is 4.90 Å². The van der Waals surface area contributed by atoms with E-state index in [0.717, 1.165) is 6.42 Å². The third-order valence-corrected chi connectivity index (χ3v) is 4.15. The van der Waals surface area contributed by atoms with E-state index in [2.05, 4.69) is 15.9 Å². The predicted molar refractivity (Wildman–Crippen MR) is 82.0 cm³/mol. The summed E-state index contributed by atoms with van der Waals surface area (Å²) in [4.78, 5) is 14.1. The van der Waals surface area contributed by atoms with Gasteiger partial charge in [-0.15, -0.1) is 0 Å². The molecule has 7 heteroatoms. The fourth-order valence-electron chi connectivity index (χ4n) is 1.85. The molecule has 0 saturated heterocycles. The summed E-state index contributed by atoms with van der Waals surface area (Å²) in [5, 5.41) is 5.12. The maximum absolute atomic E-state index is 12.5. The molecule has 112 valence electrons. The van der Waals surface area contributed by atoms with Gasteiger partial charge in [-0.3, -0.25) is 4.79 Å². The Hall–Kier alpha value is -0.920. The molecule has 0 spiro atoms. The molecule has 0 bridgehead atoms. The van der Waals surface area contributed by atoms with Crippen LogP contribution in [0.4, 0.5) is 0 Å². The molecule has 2 N–H and O–H groups in total. The van der Waals surface area contributed by atoms with Crippen LogP contribution in [0.25, 0.3) is 0 Å². The van der Waals surface area contributed by atoms with E-state index in [1.165, 1.54) is 12.1 Å². The van der Waals surface area contributed by atoms with Crippen molar-refractivity contribution < 1.29 is 13.2 Å². The zero-order chi connectivity index (χ0) is 15.5. The fraction of sp³-hybridized carbons (Fsp3) is 0.462. The molecule has 5 nitrogen and oxygen atoms in total. The first kappa shape index (κ1) is 17.1. The Morgan fingerprint density at radius 1 is 1.35 bits per heavy atom. The summed E-state index contributed by atoms with van der Waals surface area (Å²) in [5.41, 5.74) is 0.311. The summed E-state index contributed by atoms with van der Waals surface area (Å²) in [6, 6.07) is 4.33. The molecule has 0 heterocycles. The molecule has 1 amide bonds. The van der Waals surface area contributed by atoms with Crippen molar-refractivity contribution in [2.24, 2.45) is 5.14 Å². The Balaban J connectivity index is 3.25. The number of halogens is 1. The number of hydrogen-bond donors (Lipinski definition) is 1. The van der Waals surface area contributed by atoms with Gasteiger partial charge in [0.05, 0.1) is 4.90 Å². The topological polar surface area (TPSA) is 80.5 Å². The molecule has 0 fully saturated rings. The van der Waals surface area contributed by atoms with Crippen LogP contribution >= 0.6 is 15.9 Å². The predicted octanol–water partition coefficient (Wildman–Crippen LogP) is 2.36. The zero-order valence-corrected chi connectivity index (χ0v) is 14.2. The Morgan fingerprint density at radius 3 is 2.40 bits per heavy atom. The number of amides is 1. The monoisotopic (exact) mass is 362 g/mol. The average molecular weight is 363 g/mol. The third-order valence-electron chi connectivity index (χ3n) is 2.80. The minimum absolute atomic E-state index is 0.0411. The van der Waals surface area contributed by atoms with Gasteiger partial charge < -0.3 is 4.90 Å². The fourth-order valence-corrected chi connectivity index (χ4v) is 3.08. The molecule has 0 aromatic heterocycles. The lowest BCUT2D eigenvalue weighted by molar-refractivity contribution is 0.0705. The van der Waals surface area contributed by atoms with Crippen LogP contribution in [-0.4, -0.2) is 31.8 Å². The Kier molecular flexibility index (Phi) is 5.73. The molecule has 0 atom stereocenters. The number of hydrogen-bond acceptors (Lipinski definition) is 3. The second-order valence-corrected chi connectivity index (χ2v) is 7.29. The zero-order valence-electron chi connectivity index (χ0n) is 11.8. The van der Waals surface area contributed by atoms with Gasteiger partial charge in [0.1, 0.15) is 0 Å². The Labute approximate surface area is 128 Å². The Bertz CT molecular complexity index is 600. The van der Waals surface area contributed by atoms with Crippen LogP contribution in [0.3, 0.4) is 0 Å². The first-order valence-corrected chi connectivity index (χ1v) is 8.65. The summed E-state index contributed by atoms with van der Waals surface area (Å²) < 4.78 is 23.3. The highest BCUT2D eigenvalue weighted by molar-refractivity contribution is 9.10. The normalized spacial score (nSPS) is 11.7. The summed E-state index contributed by atoms with van der Waals surface area (Å²) in [6.07, 6.45) is 0.833. The number of sulfonamides is 1. The summed E-state index contributed by atoms with van der Waals surface area (Å²) in [5.74, 6) is -0.201. The number of nitrogens with zero attached hydrogens (tertiary/aromatic N) is 1. The van der Waals surface area contributed by atoms with Crippen molar-refractivity contribution in [3.8, 4) is 0 Å². The van der Waals surface area contributed by atoms with Crippen molar-refractivity contribution in [2.45, 2.75) is 38.1 Å². The smallest absolute Gasteiger partial charge is 0.254 e. The minimum atomic E-state index is -3.84.